The van der Waals surface area contributed by atoms with Crippen LogP contribution < -0.4 is 0 Å². The van der Waals surface area contributed by atoms with Gasteiger partial charge in [0.1, 0.15) is 12.2 Å². The van der Waals surface area contributed by atoms with Crippen LogP contribution in [-0.2, 0) is 13.0 Å². The molecule has 0 aliphatic heterocycles. The maximum absolute atomic E-state index is 12.0. The summed E-state index contributed by atoms with van der Waals surface area (Å²) in [6.45, 7) is 4.89. The van der Waals surface area contributed by atoms with Crippen LogP contribution in [0.4, 0.5) is 0 Å². The summed E-state index contributed by atoms with van der Waals surface area (Å²) in [7, 11) is 0. The standard InChI is InChI=1S/C12H15N3OS/c1-3-6-15-12(13-8-14-15)7-10(16)11-5-4-9(2)17-11/h4-5,8H,3,6-7H2,1-2H3. The first-order valence-corrected chi connectivity index (χ1v) is 6.48. The van der Waals surface area contributed by atoms with Gasteiger partial charge in [0.05, 0.1) is 11.3 Å². The summed E-state index contributed by atoms with van der Waals surface area (Å²) in [6, 6.07) is 3.84. The van der Waals surface area contributed by atoms with E-state index in [2.05, 4.69) is 17.0 Å². The number of thiophene rings is 1. The molecule has 2 aromatic rings. The van der Waals surface area contributed by atoms with Gasteiger partial charge in [-0.15, -0.1) is 11.3 Å². The van der Waals surface area contributed by atoms with Crippen molar-refractivity contribution in [3.8, 4) is 0 Å². The van der Waals surface area contributed by atoms with Crippen molar-refractivity contribution in [3.63, 3.8) is 0 Å². The van der Waals surface area contributed by atoms with E-state index in [9.17, 15) is 4.79 Å². The fourth-order valence-corrected chi connectivity index (χ4v) is 2.44. The van der Waals surface area contributed by atoms with Crippen molar-refractivity contribution in [3.05, 3.63) is 34.0 Å². The molecule has 0 aliphatic carbocycles. The molecule has 0 bridgehead atoms. The van der Waals surface area contributed by atoms with Crippen LogP contribution >= 0.6 is 11.3 Å². The van der Waals surface area contributed by atoms with E-state index in [4.69, 9.17) is 0 Å². The monoisotopic (exact) mass is 249 g/mol. The second-order valence-corrected chi connectivity index (χ2v) is 5.20. The minimum absolute atomic E-state index is 0.119. The highest BCUT2D eigenvalue weighted by molar-refractivity contribution is 7.14. The number of nitrogens with zero attached hydrogens (tertiary/aromatic N) is 3. The Morgan fingerprint density at radius 3 is 2.94 bits per heavy atom. The number of carbonyl (C=O) groups excluding carboxylic acids is 1. The molecule has 2 rings (SSSR count). The minimum atomic E-state index is 0.119. The van der Waals surface area contributed by atoms with E-state index in [1.54, 1.807) is 4.68 Å². The molecule has 0 atom stereocenters. The van der Waals surface area contributed by atoms with Crippen LogP contribution in [0.2, 0.25) is 0 Å². The topological polar surface area (TPSA) is 47.8 Å². The van der Waals surface area contributed by atoms with Gasteiger partial charge in [0.15, 0.2) is 5.78 Å². The number of hydrogen-bond acceptors (Lipinski definition) is 4. The highest BCUT2D eigenvalue weighted by atomic mass is 32.1. The van der Waals surface area contributed by atoms with Gasteiger partial charge in [-0.25, -0.2) is 9.67 Å². The second-order valence-electron chi connectivity index (χ2n) is 3.91. The van der Waals surface area contributed by atoms with Gasteiger partial charge in [-0.2, -0.15) is 5.10 Å². The second kappa shape index (κ2) is 5.23. The summed E-state index contributed by atoms with van der Waals surface area (Å²) in [6.07, 6.45) is 2.83. The van der Waals surface area contributed by atoms with Gasteiger partial charge in [-0.1, -0.05) is 6.92 Å². The van der Waals surface area contributed by atoms with Crippen molar-refractivity contribution < 1.29 is 4.79 Å². The van der Waals surface area contributed by atoms with Gasteiger partial charge < -0.3 is 0 Å². The molecule has 0 aromatic carbocycles. The van der Waals surface area contributed by atoms with E-state index >= 15 is 0 Å². The fourth-order valence-electron chi connectivity index (χ4n) is 1.64. The van der Waals surface area contributed by atoms with E-state index in [-0.39, 0.29) is 5.78 Å². The van der Waals surface area contributed by atoms with E-state index < -0.39 is 0 Å². The Kier molecular flexibility index (Phi) is 3.68. The third-order valence-corrected chi connectivity index (χ3v) is 3.51. The Bertz CT molecular complexity index is 515. The highest BCUT2D eigenvalue weighted by Gasteiger charge is 2.13. The first kappa shape index (κ1) is 12.0. The maximum atomic E-state index is 12.0. The van der Waals surface area contributed by atoms with Gasteiger partial charge in [0, 0.05) is 11.4 Å². The molecule has 2 aromatic heterocycles. The number of aromatic nitrogens is 3. The van der Waals surface area contributed by atoms with Gasteiger partial charge in [-0.3, -0.25) is 4.79 Å². The highest BCUT2D eigenvalue weighted by Crippen LogP contribution is 2.17. The van der Waals surface area contributed by atoms with Gasteiger partial charge >= 0.3 is 0 Å². The van der Waals surface area contributed by atoms with Crippen molar-refractivity contribution in [2.45, 2.75) is 33.2 Å². The molecule has 0 unspecified atom stereocenters. The van der Waals surface area contributed by atoms with Crippen LogP contribution in [0.1, 0.15) is 33.7 Å². The predicted octanol–water partition coefficient (Wildman–Crippen LogP) is 2.48. The largest absolute Gasteiger partial charge is 0.293 e. The Morgan fingerprint density at radius 1 is 1.47 bits per heavy atom. The van der Waals surface area contributed by atoms with E-state index in [1.807, 2.05) is 19.1 Å². The molecule has 0 saturated heterocycles. The van der Waals surface area contributed by atoms with E-state index in [0.717, 1.165) is 28.5 Å². The number of ketones is 1. The molecular weight excluding hydrogens is 234 g/mol. The molecule has 0 saturated carbocycles. The van der Waals surface area contributed by atoms with E-state index in [0.29, 0.717) is 6.42 Å². The van der Waals surface area contributed by atoms with Crippen LogP contribution in [0.3, 0.4) is 0 Å². The first-order chi connectivity index (χ1) is 8.20. The van der Waals surface area contributed by atoms with Crippen LogP contribution in [0.25, 0.3) is 0 Å². The summed E-state index contributed by atoms with van der Waals surface area (Å²) < 4.78 is 1.80. The molecule has 5 heteroatoms. The lowest BCUT2D eigenvalue weighted by Crippen LogP contribution is -2.10. The Labute approximate surface area is 104 Å². The van der Waals surface area contributed by atoms with Crippen molar-refractivity contribution in [1.29, 1.82) is 0 Å². The summed E-state index contributed by atoms with van der Waals surface area (Å²) >= 11 is 1.53. The van der Waals surface area contributed by atoms with Gasteiger partial charge in [-0.05, 0) is 25.5 Å². The van der Waals surface area contributed by atoms with Crippen LogP contribution in [-0.4, -0.2) is 20.5 Å². The molecule has 0 aliphatic rings. The number of hydrogen-bond donors (Lipinski definition) is 0. The number of rotatable bonds is 5. The summed E-state index contributed by atoms with van der Waals surface area (Å²) in [5.74, 6) is 0.872. The molecule has 0 fully saturated rings. The predicted molar refractivity (Wildman–Crippen MR) is 67.4 cm³/mol. The molecular formula is C12H15N3OS. The fraction of sp³-hybridized carbons (Fsp3) is 0.417. The maximum Gasteiger partial charge on any atom is 0.180 e. The van der Waals surface area contributed by atoms with Crippen LogP contribution in [0.5, 0.6) is 0 Å². The SMILES string of the molecule is CCCn1ncnc1CC(=O)c1ccc(C)s1. The van der Waals surface area contributed by atoms with E-state index in [1.165, 1.54) is 17.7 Å². The Morgan fingerprint density at radius 2 is 2.29 bits per heavy atom. The molecule has 0 N–H and O–H groups in total. The average Bonchev–Trinajstić information content (AvgIpc) is 2.89. The number of aryl methyl sites for hydroxylation is 2. The molecule has 2 heterocycles. The summed E-state index contributed by atoms with van der Waals surface area (Å²) in [5, 5.41) is 4.11. The first-order valence-electron chi connectivity index (χ1n) is 5.67. The number of Topliss-reactive ketones (excluding diaryl/α,β-unsaturated/α-hetero) is 1. The molecule has 0 spiro atoms. The zero-order valence-corrected chi connectivity index (χ0v) is 10.8. The van der Waals surface area contributed by atoms with Gasteiger partial charge in [0.25, 0.3) is 0 Å². The van der Waals surface area contributed by atoms with Crippen molar-refractivity contribution in [2.75, 3.05) is 0 Å². The summed E-state index contributed by atoms with van der Waals surface area (Å²) in [4.78, 5) is 18.1. The van der Waals surface area contributed by atoms with Gasteiger partial charge in [0.2, 0.25) is 0 Å². The summed E-state index contributed by atoms with van der Waals surface area (Å²) in [5.41, 5.74) is 0. The lowest BCUT2D eigenvalue weighted by molar-refractivity contribution is 0.0993. The molecule has 17 heavy (non-hydrogen) atoms. The number of carbonyl (C=O) groups is 1. The van der Waals surface area contributed by atoms with Crippen LogP contribution in [0, 0.1) is 6.92 Å². The zero-order chi connectivity index (χ0) is 12.3. The lowest BCUT2D eigenvalue weighted by Gasteiger charge is -2.02. The zero-order valence-electron chi connectivity index (χ0n) is 10.0. The quantitative estimate of drug-likeness (QED) is 0.765. The third kappa shape index (κ3) is 2.79. The van der Waals surface area contributed by atoms with Crippen molar-refractivity contribution >= 4 is 17.1 Å². The Hall–Kier alpha value is -1.49. The normalized spacial score (nSPS) is 10.7. The molecule has 0 amide bonds. The molecule has 0 radical (unpaired) electrons. The van der Waals surface area contributed by atoms with Crippen molar-refractivity contribution in [1.82, 2.24) is 14.8 Å². The molecule has 90 valence electrons. The third-order valence-electron chi connectivity index (χ3n) is 2.46. The lowest BCUT2D eigenvalue weighted by atomic mass is 10.2. The minimum Gasteiger partial charge on any atom is -0.293 e. The molecule has 4 nitrogen and oxygen atoms in total. The van der Waals surface area contributed by atoms with Crippen LogP contribution in [0.15, 0.2) is 18.5 Å². The Balaban J connectivity index is 2.10. The average molecular weight is 249 g/mol. The smallest absolute Gasteiger partial charge is 0.180 e. The van der Waals surface area contributed by atoms with Crippen molar-refractivity contribution in [2.24, 2.45) is 0 Å².